The van der Waals surface area contributed by atoms with Gasteiger partial charge in [-0.3, -0.25) is 4.79 Å². The van der Waals surface area contributed by atoms with Crippen LogP contribution in [0.5, 0.6) is 0 Å². The zero-order valence-corrected chi connectivity index (χ0v) is 13.1. The van der Waals surface area contributed by atoms with Gasteiger partial charge in [0.2, 0.25) is 0 Å². The highest BCUT2D eigenvalue weighted by molar-refractivity contribution is 5.83. The number of hydrogen-bond donors (Lipinski definition) is 3. The number of ether oxygens (including phenoxy) is 3. The standard InChI is InChI=1S/C14H25NO7/c1-4-15(5-2)14(19)13-12(22-13)10(18)9(17)11-8(16)6-20-7(3)21-11/h7-13,16-18H,4-6H2,1-3H3/t7-,8+,9+,10+,11-,12+,13-/m0/s1. The second kappa shape index (κ2) is 7.20. The maximum atomic E-state index is 12.1. The van der Waals surface area contributed by atoms with Gasteiger partial charge >= 0.3 is 0 Å². The highest BCUT2D eigenvalue weighted by Crippen LogP contribution is 2.31. The van der Waals surface area contributed by atoms with E-state index in [1.165, 1.54) is 0 Å². The highest BCUT2D eigenvalue weighted by Gasteiger charge is 2.54. The van der Waals surface area contributed by atoms with Gasteiger partial charge in [-0.2, -0.15) is 0 Å². The second-order valence-corrected chi connectivity index (χ2v) is 5.58. The summed E-state index contributed by atoms with van der Waals surface area (Å²) in [6.07, 6.45) is -6.81. The Hall–Kier alpha value is -0.770. The van der Waals surface area contributed by atoms with E-state index < -0.39 is 42.9 Å². The van der Waals surface area contributed by atoms with E-state index in [1.807, 2.05) is 13.8 Å². The Kier molecular flexibility index (Phi) is 5.76. The van der Waals surface area contributed by atoms with Crippen LogP contribution in [0.2, 0.25) is 0 Å². The number of nitrogens with zero attached hydrogens (tertiary/aromatic N) is 1. The summed E-state index contributed by atoms with van der Waals surface area (Å²) >= 11 is 0. The van der Waals surface area contributed by atoms with Crippen LogP contribution in [0, 0.1) is 0 Å². The molecule has 2 fully saturated rings. The molecule has 128 valence electrons. The fraction of sp³-hybridized carbons (Fsp3) is 0.929. The Morgan fingerprint density at radius 1 is 1.18 bits per heavy atom. The third-order valence-electron chi connectivity index (χ3n) is 4.10. The molecule has 2 aliphatic heterocycles. The lowest BCUT2D eigenvalue weighted by Crippen LogP contribution is -2.54. The molecule has 2 saturated heterocycles. The molecule has 2 heterocycles. The largest absolute Gasteiger partial charge is 0.388 e. The molecule has 8 nitrogen and oxygen atoms in total. The molecule has 3 N–H and O–H groups in total. The summed E-state index contributed by atoms with van der Waals surface area (Å²) in [6, 6.07) is 0. The summed E-state index contributed by atoms with van der Waals surface area (Å²) in [4.78, 5) is 13.7. The van der Waals surface area contributed by atoms with E-state index in [9.17, 15) is 20.1 Å². The van der Waals surface area contributed by atoms with Crippen LogP contribution in [0.25, 0.3) is 0 Å². The van der Waals surface area contributed by atoms with Gasteiger partial charge in [-0.1, -0.05) is 0 Å². The number of hydrogen-bond acceptors (Lipinski definition) is 7. The van der Waals surface area contributed by atoms with Gasteiger partial charge in [0.15, 0.2) is 12.4 Å². The van der Waals surface area contributed by atoms with Crippen LogP contribution in [0.4, 0.5) is 0 Å². The van der Waals surface area contributed by atoms with Crippen molar-refractivity contribution in [1.29, 1.82) is 0 Å². The van der Waals surface area contributed by atoms with Crippen LogP contribution in [0.1, 0.15) is 20.8 Å². The first-order valence-corrected chi connectivity index (χ1v) is 7.66. The monoisotopic (exact) mass is 319 g/mol. The molecule has 22 heavy (non-hydrogen) atoms. The fourth-order valence-corrected chi connectivity index (χ4v) is 2.67. The minimum atomic E-state index is -1.36. The second-order valence-electron chi connectivity index (χ2n) is 5.58. The molecule has 1 amide bonds. The maximum Gasteiger partial charge on any atom is 0.254 e. The maximum absolute atomic E-state index is 12.1. The molecule has 0 bridgehead atoms. The van der Waals surface area contributed by atoms with Crippen LogP contribution in [-0.2, 0) is 19.0 Å². The van der Waals surface area contributed by atoms with Gasteiger partial charge in [-0.05, 0) is 20.8 Å². The molecule has 0 aromatic rings. The summed E-state index contributed by atoms with van der Waals surface area (Å²) in [5.74, 6) is -0.205. The summed E-state index contributed by atoms with van der Waals surface area (Å²) in [5, 5.41) is 30.2. The average Bonchev–Trinajstić information content (AvgIpc) is 3.30. The van der Waals surface area contributed by atoms with Crippen LogP contribution < -0.4 is 0 Å². The quantitative estimate of drug-likeness (QED) is 0.509. The van der Waals surface area contributed by atoms with E-state index in [1.54, 1.807) is 11.8 Å². The van der Waals surface area contributed by atoms with E-state index >= 15 is 0 Å². The minimum Gasteiger partial charge on any atom is -0.388 e. The summed E-state index contributed by atoms with van der Waals surface area (Å²) in [5.41, 5.74) is 0. The van der Waals surface area contributed by atoms with E-state index in [-0.39, 0.29) is 12.5 Å². The summed E-state index contributed by atoms with van der Waals surface area (Å²) < 4.78 is 15.6. The van der Waals surface area contributed by atoms with Gasteiger partial charge in [0, 0.05) is 13.1 Å². The van der Waals surface area contributed by atoms with Crippen molar-refractivity contribution in [2.45, 2.75) is 63.7 Å². The third-order valence-corrected chi connectivity index (χ3v) is 4.10. The van der Waals surface area contributed by atoms with E-state index in [0.717, 1.165) is 0 Å². The molecule has 0 radical (unpaired) electrons. The van der Waals surface area contributed by atoms with Gasteiger partial charge < -0.3 is 34.4 Å². The van der Waals surface area contributed by atoms with Crippen LogP contribution >= 0.6 is 0 Å². The Morgan fingerprint density at radius 2 is 1.77 bits per heavy atom. The molecular formula is C14H25NO7. The number of carbonyl (C=O) groups is 1. The molecule has 0 unspecified atom stereocenters. The Morgan fingerprint density at radius 3 is 2.36 bits per heavy atom. The third kappa shape index (κ3) is 3.58. The normalized spacial score (nSPS) is 37.5. The van der Waals surface area contributed by atoms with Crippen molar-refractivity contribution < 1.29 is 34.3 Å². The van der Waals surface area contributed by atoms with Crippen molar-refractivity contribution in [3.8, 4) is 0 Å². The van der Waals surface area contributed by atoms with E-state index in [4.69, 9.17) is 14.2 Å². The SMILES string of the molecule is CCN(CC)C(=O)[C@H]1O[C@@H]1[C@H](O)[C@@H](O)[C@H]1O[C@@H](C)OC[C@H]1O. The smallest absolute Gasteiger partial charge is 0.254 e. The first-order valence-electron chi connectivity index (χ1n) is 7.66. The van der Waals surface area contributed by atoms with Crippen LogP contribution in [-0.4, -0.2) is 88.7 Å². The molecule has 2 rings (SSSR count). The number of likely N-dealkylation sites (N-methyl/N-ethyl adjacent to an activating group) is 1. The zero-order chi connectivity index (χ0) is 16.4. The molecule has 8 heteroatoms. The van der Waals surface area contributed by atoms with Gasteiger partial charge in [0.05, 0.1) is 6.61 Å². The lowest BCUT2D eigenvalue weighted by Gasteiger charge is -2.36. The molecule has 0 aliphatic carbocycles. The highest BCUT2D eigenvalue weighted by atomic mass is 16.7. The van der Waals surface area contributed by atoms with Crippen LogP contribution in [0.3, 0.4) is 0 Å². The Bertz CT molecular complexity index is 389. The predicted octanol–water partition coefficient (Wildman–Crippen LogP) is -1.53. The first kappa shape index (κ1) is 17.6. The van der Waals surface area contributed by atoms with Gasteiger partial charge in [-0.25, -0.2) is 0 Å². The molecular weight excluding hydrogens is 294 g/mol. The lowest BCUT2D eigenvalue weighted by molar-refractivity contribution is -0.272. The van der Waals surface area contributed by atoms with Crippen LogP contribution in [0.15, 0.2) is 0 Å². The van der Waals surface area contributed by atoms with Gasteiger partial charge in [0.25, 0.3) is 5.91 Å². The molecule has 0 saturated carbocycles. The van der Waals surface area contributed by atoms with Gasteiger partial charge in [-0.15, -0.1) is 0 Å². The topological polar surface area (TPSA) is 112 Å². The Balaban J connectivity index is 1.92. The van der Waals surface area contributed by atoms with Crippen molar-refractivity contribution in [3.63, 3.8) is 0 Å². The number of carbonyl (C=O) groups excluding carboxylic acids is 1. The molecule has 0 aromatic carbocycles. The van der Waals surface area contributed by atoms with Crippen molar-refractivity contribution in [1.82, 2.24) is 4.90 Å². The van der Waals surface area contributed by atoms with Gasteiger partial charge in [0.1, 0.15) is 30.5 Å². The number of rotatable bonds is 6. The fourth-order valence-electron chi connectivity index (χ4n) is 2.67. The Labute approximate surface area is 129 Å². The molecule has 0 spiro atoms. The van der Waals surface area contributed by atoms with E-state index in [2.05, 4.69) is 0 Å². The van der Waals surface area contributed by atoms with Crippen molar-refractivity contribution in [3.05, 3.63) is 0 Å². The average molecular weight is 319 g/mol. The summed E-state index contributed by atoms with van der Waals surface area (Å²) in [6.45, 7) is 6.48. The number of epoxide rings is 1. The zero-order valence-electron chi connectivity index (χ0n) is 13.1. The molecule has 0 aromatic heterocycles. The first-order chi connectivity index (χ1) is 10.4. The van der Waals surface area contributed by atoms with Crippen molar-refractivity contribution in [2.75, 3.05) is 19.7 Å². The van der Waals surface area contributed by atoms with Crippen molar-refractivity contribution >= 4 is 5.91 Å². The number of amides is 1. The minimum absolute atomic E-state index is 0.0168. The van der Waals surface area contributed by atoms with Crippen molar-refractivity contribution in [2.24, 2.45) is 0 Å². The number of aliphatic hydroxyl groups is 3. The summed E-state index contributed by atoms with van der Waals surface area (Å²) in [7, 11) is 0. The van der Waals surface area contributed by atoms with E-state index in [0.29, 0.717) is 13.1 Å². The number of aliphatic hydroxyl groups excluding tert-OH is 3. The predicted molar refractivity (Wildman–Crippen MR) is 74.9 cm³/mol. The lowest BCUT2D eigenvalue weighted by atomic mass is 9.98. The molecule has 7 atom stereocenters. The molecule has 2 aliphatic rings.